The molecular formula is C26H27N3O4S. The number of carbonyl (C=O) groups is 3. The molecule has 1 spiro atoms. The van der Waals surface area contributed by atoms with Crippen molar-refractivity contribution in [3.8, 4) is 5.75 Å². The van der Waals surface area contributed by atoms with Gasteiger partial charge >= 0.3 is 6.03 Å². The smallest absolute Gasteiger partial charge is 0.319 e. The number of thiophene rings is 1. The van der Waals surface area contributed by atoms with Crippen molar-refractivity contribution in [3.05, 3.63) is 59.7 Å². The number of amides is 3. The lowest BCUT2D eigenvalue weighted by Gasteiger charge is -2.47. The fourth-order valence-electron chi connectivity index (χ4n) is 4.97. The van der Waals surface area contributed by atoms with Gasteiger partial charge < -0.3 is 15.0 Å². The van der Waals surface area contributed by atoms with Gasteiger partial charge in [-0.2, -0.15) is 0 Å². The summed E-state index contributed by atoms with van der Waals surface area (Å²) in [5.41, 5.74) is 0.535. The minimum Gasteiger partial charge on any atom is -0.486 e. The van der Waals surface area contributed by atoms with Gasteiger partial charge in [0.2, 0.25) is 0 Å². The number of benzene rings is 2. The molecule has 0 radical (unpaired) electrons. The molecule has 5 rings (SSSR count). The summed E-state index contributed by atoms with van der Waals surface area (Å²) in [5, 5.41) is 6.95. The predicted octanol–water partition coefficient (Wildman–Crippen LogP) is 4.93. The SMILES string of the molecule is CCNC(=O)Nc1sc2ccccc2c1C(=O)N1CCC2(CC1)Oc1ccccc1C(=O)C2C. The van der Waals surface area contributed by atoms with Gasteiger partial charge in [0.05, 0.1) is 17.0 Å². The summed E-state index contributed by atoms with van der Waals surface area (Å²) in [6, 6.07) is 14.7. The quantitative estimate of drug-likeness (QED) is 0.560. The molecule has 2 aromatic carbocycles. The van der Waals surface area contributed by atoms with Crippen molar-refractivity contribution < 1.29 is 19.1 Å². The number of ether oxygens (including phenoxy) is 1. The molecule has 1 atom stereocenters. The highest BCUT2D eigenvalue weighted by Gasteiger charge is 2.49. The van der Waals surface area contributed by atoms with Gasteiger partial charge in [0.15, 0.2) is 5.78 Å². The number of nitrogens with one attached hydrogen (secondary N) is 2. The molecule has 0 bridgehead atoms. The summed E-state index contributed by atoms with van der Waals surface area (Å²) in [6.45, 7) is 5.22. The van der Waals surface area contributed by atoms with Crippen molar-refractivity contribution >= 4 is 44.1 Å². The number of hydrogen-bond donors (Lipinski definition) is 2. The number of nitrogens with zero attached hydrogens (tertiary/aromatic N) is 1. The van der Waals surface area contributed by atoms with Gasteiger partial charge in [-0.25, -0.2) is 4.79 Å². The Kier molecular flexibility index (Phi) is 5.77. The average molecular weight is 478 g/mol. The Morgan fingerprint density at radius 2 is 1.82 bits per heavy atom. The number of Topliss-reactive ketones (excluding diaryl/α,β-unsaturated/α-hetero) is 1. The lowest BCUT2D eigenvalue weighted by molar-refractivity contribution is -0.0344. The third-order valence-corrected chi connectivity index (χ3v) is 8.01. The number of fused-ring (bicyclic) bond motifs is 2. The topological polar surface area (TPSA) is 87.7 Å². The second-order valence-corrected chi connectivity index (χ2v) is 9.88. The van der Waals surface area contributed by atoms with E-state index in [0.29, 0.717) is 54.4 Å². The van der Waals surface area contributed by atoms with E-state index in [1.165, 1.54) is 11.3 Å². The minimum absolute atomic E-state index is 0.0962. The first-order chi connectivity index (χ1) is 16.4. The molecule has 2 aliphatic heterocycles. The molecule has 1 aromatic heterocycles. The number of ketones is 1. The van der Waals surface area contributed by atoms with Gasteiger partial charge in [-0.15, -0.1) is 11.3 Å². The van der Waals surface area contributed by atoms with E-state index < -0.39 is 5.60 Å². The van der Waals surface area contributed by atoms with Crippen LogP contribution in [0.15, 0.2) is 48.5 Å². The maximum atomic E-state index is 13.7. The van der Waals surface area contributed by atoms with Gasteiger partial charge in [-0.3, -0.25) is 14.9 Å². The van der Waals surface area contributed by atoms with E-state index in [4.69, 9.17) is 4.74 Å². The van der Waals surface area contributed by atoms with Gasteiger partial charge in [0.25, 0.3) is 5.91 Å². The van der Waals surface area contributed by atoms with Crippen LogP contribution in [0.3, 0.4) is 0 Å². The van der Waals surface area contributed by atoms with Crippen molar-refractivity contribution in [2.24, 2.45) is 5.92 Å². The van der Waals surface area contributed by atoms with E-state index in [1.807, 2.05) is 67.3 Å². The molecule has 1 unspecified atom stereocenters. The monoisotopic (exact) mass is 477 g/mol. The molecule has 2 N–H and O–H groups in total. The number of piperidine rings is 1. The van der Waals surface area contributed by atoms with E-state index in [-0.39, 0.29) is 23.6 Å². The number of para-hydroxylation sites is 1. The third-order valence-electron chi connectivity index (χ3n) is 6.92. The standard InChI is InChI=1S/C26H27N3O4S/c1-3-27-25(32)28-23-21(18-9-5-7-11-20(18)34-23)24(31)29-14-12-26(13-15-29)16(2)22(30)17-8-4-6-10-19(17)33-26/h4-11,16H,3,12-15H2,1-2H3,(H2,27,28,32). The summed E-state index contributed by atoms with van der Waals surface area (Å²) >= 11 is 1.40. The zero-order valence-corrected chi connectivity index (χ0v) is 20.0. The molecular weight excluding hydrogens is 450 g/mol. The van der Waals surface area contributed by atoms with Crippen LogP contribution in [0.4, 0.5) is 9.80 Å². The molecule has 1 saturated heterocycles. The molecule has 0 aliphatic carbocycles. The van der Waals surface area contributed by atoms with E-state index in [9.17, 15) is 14.4 Å². The highest BCUT2D eigenvalue weighted by Crippen LogP contribution is 2.43. The third kappa shape index (κ3) is 3.72. The second kappa shape index (κ2) is 8.76. The van der Waals surface area contributed by atoms with Gasteiger partial charge in [-0.05, 0) is 25.1 Å². The zero-order valence-electron chi connectivity index (χ0n) is 19.2. The predicted molar refractivity (Wildman–Crippen MR) is 133 cm³/mol. The van der Waals surface area contributed by atoms with Crippen LogP contribution in [0.2, 0.25) is 0 Å². The number of urea groups is 1. The molecule has 3 heterocycles. The fraction of sp³-hybridized carbons (Fsp3) is 0.346. The van der Waals surface area contributed by atoms with Crippen molar-refractivity contribution in [1.82, 2.24) is 10.2 Å². The molecule has 3 aromatic rings. The largest absolute Gasteiger partial charge is 0.486 e. The molecule has 176 valence electrons. The van der Waals surface area contributed by atoms with E-state index >= 15 is 0 Å². The van der Waals surface area contributed by atoms with Crippen LogP contribution in [0, 0.1) is 5.92 Å². The maximum Gasteiger partial charge on any atom is 0.319 e. The van der Waals surface area contributed by atoms with E-state index in [0.717, 1.165) is 10.1 Å². The van der Waals surface area contributed by atoms with Crippen LogP contribution in [0.25, 0.3) is 10.1 Å². The minimum atomic E-state index is -0.610. The normalized spacial score (nSPS) is 18.9. The first-order valence-electron chi connectivity index (χ1n) is 11.6. The molecule has 34 heavy (non-hydrogen) atoms. The number of carbonyl (C=O) groups excluding carboxylic acids is 3. The Hall–Kier alpha value is -3.39. The number of hydrogen-bond acceptors (Lipinski definition) is 5. The molecule has 0 saturated carbocycles. The summed E-state index contributed by atoms with van der Waals surface area (Å²) in [5.74, 6) is 0.326. The van der Waals surface area contributed by atoms with Crippen LogP contribution in [0.1, 0.15) is 47.4 Å². The lowest BCUT2D eigenvalue weighted by Crippen LogP contribution is -2.56. The second-order valence-electron chi connectivity index (χ2n) is 8.83. The van der Waals surface area contributed by atoms with E-state index in [2.05, 4.69) is 10.6 Å². The van der Waals surface area contributed by atoms with Crippen molar-refractivity contribution in [3.63, 3.8) is 0 Å². The van der Waals surface area contributed by atoms with Crippen molar-refractivity contribution in [2.45, 2.75) is 32.3 Å². The summed E-state index contributed by atoms with van der Waals surface area (Å²) in [4.78, 5) is 40.8. The Labute approximate surface area is 202 Å². The summed E-state index contributed by atoms with van der Waals surface area (Å²) < 4.78 is 7.36. The average Bonchev–Trinajstić information content (AvgIpc) is 3.20. The van der Waals surface area contributed by atoms with Gasteiger partial charge in [0.1, 0.15) is 16.4 Å². The van der Waals surface area contributed by atoms with Crippen molar-refractivity contribution in [2.75, 3.05) is 25.0 Å². The molecule has 7 nitrogen and oxygen atoms in total. The van der Waals surface area contributed by atoms with Crippen LogP contribution in [-0.4, -0.2) is 47.9 Å². The van der Waals surface area contributed by atoms with Gasteiger partial charge in [0, 0.05) is 42.6 Å². The molecule has 3 amide bonds. The molecule has 2 aliphatic rings. The Balaban J connectivity index is 1.40. The lowest BCUT2D eigenvalue weighted by atomic mass is 9.74. The van der Waals surface area contributed by atoms with Crippen LogP contribution < -0.4 is 15.4 Å². The summed E-state index contributed by atoms with van der Waals surface area (Å²) in [6.07, 6.45) is 1.14. The van der Waals surface area contributed by atoms with Crippen LogP contribution in [0.5, 0.6) is 5.75 Å². The van der Waals surface area contributed by atoms with E-state index in [1.54, 1.807) is 0 Å². The number of anilines is 1. The summed E-state index contributed by atoms with van der Waals surface area (Å²) in [7, 11) is 0. The first kappa shape index (κ1) is 22.4. The fourth-order valence-corrected chi connectivity index (χ4v) is 6.06. The molecule has 1 fully saturated rings. The Morgan fingerprint density at radius 3 is 2.59 bits per heavy atom. The zero-order chi connectivity index (χ0) is 23.9. The van der Waals surface area contributed by atoms with Gasteiger partial charge in [-0.1, -0.05) is 37.3 Å². The van der Waals surface area contributed by atoms with Crippen LogP contribution in [-0.2, 0) is 0 Å². The first-order valence-corrected chi connectivity index (χ1v) is 12.4. The maximum absolute atomic E-state index is 13.7. The highest BCUT2D eigenvalue weighted by atomic mass is 32.1. The number of rotatable bonds is 3. The highest BCUT2D eigenvalue weighted by molar-refractivity contribution is 7.23. The Morgan fingerprint density at radius 1 is 1.12 bits per heavy atom. The van der Waals surface area contributed by atoms with Crippen molar-refractivity contribution in [1.29, 1.82) is 0 Å². The molecule has 8 heteroatoms. The van der Waals surface area contributed by atoms with Crippen LogP contribution >= 0.6 is 11.3 Å². The Bertz CT molecular complexity index is 1280. The number of likely N-dealkylation sites (tertiary alicyclic amines) is 1.